The number of nitrogens with zero attached hydrogens (tertiary/aromatic N) is 3. The van der Waals surface area contributed by atoms with E-state index in [4.69, 9.17) is 0 Å². The molecule has 4 nitrogen and oxygen atoms in total. The molecule has 92 valence electrons. The van der Waals surface area contributed by atoms with Gasteiger partial charge in [-0.05, 0) is 17.7 Å². The standard InChI is InChI=1S/C11H8BrN3OS2/c12-8-3-1-2-7(4-8)10-15(9(16)5-17-10)11-14-13-6-18-11/h1-4,6,10H,5H2/t10-/m1/s1. The molecule has 0 radical (unpaired) electrons. The summed E-state index contributed by atoms with van der Waals surface area (Å²) in [5.41, 5.74) is 2.74. The average Bonchev–Trinajstić information content (AvgIpc) is 2.97. The molecular formula is C11H8BrN3OS2. The molecule has 18 heavy (non-hydrogen) atoms. The van der Waals surface area contributed by atoms with Gasteiger partial charge in [-0.15, -0.1) is 22.0 Å². The fourth-order valence-electron chi connectivity index (χ4n) is 1.81. The minimum atomic E-state index is -0.0112. The topological polar surface area (TPSA) is 46.1 Å². The van der Waals surface area contributed by atoms with Gasteiger partial charge in [-0.2, -0.15) is 0 Å². The van der Waals surface area contributed by atoms with Gasteiger partial charge in [-0.25, -0.2) is 0 Å². The third kappa shape index (κ3) is 2.17. The van der Waals surface area contributed by atoms with Crippen molar-refractivity contribution in [2.24, 2.45) is 0 Å². The first-order valence-corrected chi connectivity index (χ1v) is 7.93. The minimum absolute atomic E-state index is 0.0112. The lowest BCUT2D eigenvalue weighted by atomic mass is 10.2. The van der Waals surface area contributed by atoms with Crippen LogP contribution in [0, 0.1) is 0 Å². The maximum atomic E-state index is 12.0. The van der Waals surface area contributed by atoms with Crippen LogP contribution in [0.2, 0.25) is 0 Å². The number of rotatable bonds is 2. The molecule has 1 fully saturated rings. The van der Waals surface area contributed by atoms with E-state index < -0.39 is 0 Å². The number of benzene rings is 1. The van der Waals surface area contributed by atoms with E-state index in [-0.39, 0.29) is 11.3 Å². The van der Waals surface area contributed by atoms with Crippen LogP contribution in [0.25, 0.3) is 0 Å². The second kappa shape index (κ2) is 4.99. The molecule has 0 N–H and O–H groups in total. The first-order valence-electron chi connectivity index (χ1n) is 5.21. The van der Waals surface area contributed by atoms with E-state index in [9.17, 15) is 4.79 Å². The molecule has 2 heterocycles. The van der Waals surface area contributed by atoms with Gasteiger partial charge in [0.25, 0.3) is 0 Å². The fraction of sp³-hybridized carbons (Fsp3) is 0.182. The van der Waals surface area contributed by atoms with Crippen molar-refractivity contribution in [1.82, 2.24) is 10.2 Å². The molecule has 2 aromatic rings. The maximum absolute atomic E-state index is 12.0. The van der Waals surface area contributed by atoms with E-state index >= 15 is 0 Å². The zero-order valence-electron chi connectivity index (χ0n) is 9.12. The van der Waals surface area contributed by atoms with Gasteiger partial charge in [0.1, 0.15) is 10.9 Å². The van der Waals surface area contributed by atoms with Crippen molar-refractivity contribution in [3.8, 4) is 0 Å². The Kier molecular flexibility index (Phi) is 3.36. The minimum Gasteiger partial charge on any atom is -0.273 e. The zero-order valence-corrected chi connectivity index (χ0v) is 12.3. The molecule has 1 aromatic carbocycles. The molecular weight excluding hydrogens is 334 g/mol. The van der Waals surface area contributed by atoms with E-state index in [1.165, 1.54) is 11.3 Å². The summed E-state index contributed by atoms with van der Waals surface area (Å²) in [4.78, 5) is 13.7. The molecule has 0 saturated carbocycles. The van der Waals surface area contributed by atoms with Gasteiger partial charge in [0.2, 0.25) is 11.0 Å². The highest BCUT2D eigenvalue weighted by molar-refractivity contribution is 9.10. The highest BCUT2D eigenvalue weighted by Gasteiger charge is 2.35. The second-order valence-corrected chi connectivity index (χ2v) is 6.50. The van der Waals surface area contributed by atoms with E-state index in [1.54, 1.807) is 22.2 Å². The molecule has 7 heteroatoms. The van der Waals surface area contributed by atoms with Crippen molar-refractivity contribution in [2.75, 3.05) is 10.7 Å². The van der Waals surface area contributed by atoms with E-state index in [2.05, 4.69) is 26.1 Å². The van der Waals surface area contributed by atoms with Gasteiger partial charge in [-0.1, -0.05) is 39.4 Å². The summed E-state index contributed by atoms with van der Waals surface area (Å²) < 4.78 is 1.01. The van der Waals surface area contributed by atoms with Crippen LogP contribution in [0.3, 0.4) is 0 Å². The molecule has 1 aromatic heterocycles. The van der Waals surface area contributed by atoms with Crippen molar-refractivity contribution in [3.05, 3.63) is 39.8 Å². The molecule has 0 spiro atoms. The Bertz CT molecular complexity index is 575. The molecule has 3 rings (SSSR count). The van der Waals surface area contributed by atoms with Crippen LogP contribution in [0.15, 0.2) is 34.2 Å². The molecule has 1 amide bonds. The van der Waals surface area contributed by atoms with Crippen LogP contribution in [-0.2, 0) is 4.79 Å². The Labute approximate surface area is 121 Å². The predicted molar refractivity (Wildman–Crippen MR) is 76.7 cm³/mol. The van der Waals surface area contributed by atoms with Crippen LogP contribution in [0.4, 0.5) is 5.13 Å². The first-order chi connectivity index (χ1) is 8.75. The number of halogens is 1. The number of carbonyl (C=O) groups is 1. The first kappa shape index (κ1) is 12.1. The van der Waals surface area contributed by atoms with Crippen molar-refractivity contribution in [3.63, 3.8) is 0 Å². The number of carbonyl (C=O) groups excluding carboxylic acids is 1. The van der Waals surface area contributed by atoms with Gasteiger partial charge >= 0.3 is 0 Å². The summed E-state index contributed by atoms with van der Waals surface area (Å²) in [7, 11) is 0. The lowest BCUT2D eigenvalue weighted by Crippen LogP contribution is -2.27. The Balaban J connectivity index is 1.99. The Morgan fingerprint density at radius 3 is 3.06 bits per heavy atom. The lowest BCUT2D eigenvalue weighted by molar-refractivity contribution is -0.115. The van der Waals surface area contributed by atoms with Gasteiger partial charge in [0, 0.05) is 4.47 Å². The van der Waals surface area contributed by atoms with Crippen LogP contribution >= 0.6 is 39.0 Å². The summed E-state index contributed by atoms with van der Waals surface area (Å²) in [5.74, 6) is 0.568. The summed E-state index contributed by atoms with van der Waals surface area (Å²) in [5, 5.41) is 8.45. The van der Waals surface area contributed by atoms with Crippen LogP contribution in [0.5, 0.6) is 0 Å². The quantitative estimate of drug-likeness (QED) is 0.842. The largest absolute Gasteiger partial charge is 0.273 e. The van der Waals surface area contributed by atoms with Crippen LogP contribution < -0.4 is 4.90 Å². The van der Waals surface area contributed by atoms with E-state index in [0.717, 1.165) is 10.0 Å². The van der Waals surface area contributed by atoms with Crippen molar-refractivity contribution in [2.45, 2.75) is 5.37 Å². The molecule has 0 unspecified atom stereocenters. The SMILES string of the molecule is O=C1CS[C@H](c2cccc(Br)c2)N1c1nncs1. The number of aromatic nitrogens is 2. The average molecular weight is 342 g/mol. The number of hydrogen-bond donors (Lipinski definition) is 0. The van der Waals surface area contributed by atoms with Gasteiger partial charge in [-0.3, -0.25) is 9.69 Å². The van der Waals surface area contributed by atoms with Crippen molar-refractivity contribution >= 4 is 50.1 Å². The molecule has 1 atom stereocenters. The highest BCUT2D eigenvalue weighted by Crippen LogP contribution is 2.42. The smallest absolute Gasteiger partial charge is 0.240 e. The monoisotopic (exact) mass is 341 g/mol. The molecule has 1 saturated heterocycles. The van der Waals surface area contributed by atoms with Gasteiger partial charge < -0.3 is 0 Å². The zero-order chi connectivity index (χ0) is 12.5. The number of anilines is 1. The lowest BCUT2D eigenvalue weighted by Gasteiger charge is -2.21. The summed E-state index contributed by atoms with van der Waals surface area (Å²) in [6.07, 6.45) is 0. The third-order valence-electron chi connectivity index (χ3n) is 2.56. The molecule has 1 aliphatic rings. The highest BCUT2D eigenvalue weighted by atomic mass is 79.9. The fourth-order valence-corrected chi connectivity index (χ4v) is 4.04. The molecule has 0 bridgehead atoms. The predicted octanol–water partition coefficient (Wildman–Crippen LogP) is 3.08. The van der Waals surface area contributed by atoms with E-state index in [0.29, 0.717) is 10.9 Å². The van der Waals surface area contributed by atoms with Crippen LogP contribution in [0.1, 0.15) is 10.9 Å². The number of amides is 1. The van der Waals surface area contributed by atoms with Gasteiger partial charge in [0.15, 0.2) is 0 Å². The Hall–Kier alpha value is -0.920. The van der Waals surface area contributed by atoms with E-state index in [1.807, 2.05) is 24.3 Å². The van der Waals surface area contributed by atoms with Crippen LogP contribution in [-0.4, -0.2) is 21.9 Å². The van der Waals surface area contributed by atoms with Gasteiger partial charge in [0.05, 0.1) is 5.75 Å². The summed E-state index contributed by atoms with van der Waals surface area (Å²) in [6, 6.07) is 8.00. The van der Waals surface area contributed by atoms with Crippen molar-refractivity contribution in [1.29, 1.82) is 0 Å². The van der Waals surface area contributed by atoms with Crippen molar-refractivity contribution < 1.29 is 4.79 Å². The number of hydrogen-bond acceptors (Lipinski definition) is 5. The Morgan fingerprint density at radius 1 is 1.44 bits per heavy atom. The maximum Gasteiger partial charge on any atom is 0.240 e. The Morgan fingerprint density at radius 2 is 2.33 bits per heavy atom. The summed E-state index contributed by atoms with van der Waals surface area (Å²) in [6.45, 7) is 0. The summed E-state index contributed by atoms with van der Waals surface area (Å²) >= 11 is 6.45. The normalized spacial score (nSPS) is 19.5. The second-order valence-electron chi connectivity index (χ2n) is 3.70. The molecule has 1 aliphatic heterocycles. The third-order valence-corrected chi connectivity index (χ3v) is 4.95. The number of thioether (sulfide) groups is 1. The molecule has 0 aliphatic carbocycles.